The molecule has 1 aliphatic carbocycles. The Morgan fingerprint density at radius 3 is 2.48 bits per heavy atom. The number of nitrogens with one attached hydrogen (secondary N) is 1. The number of hydrogen-bond donors (Lipinski definition) is 1. The van der Waals surface area contributed by atoms with Gasteiger partial charge in [-0.25, -0.2) is 0 Å². The van der Waals surface area contributed by atoms with E-state index in [4.69, 9.17) is 4.74 Å². The Hall–Kier alpha value is -2.65. The Kier molecular flexibility index (Phi) is 5.54. The van der Waals surface area contributed by atoms with Crippen LogP contribution < -0.4 is 15.0 Å². The third-order valence-electron chi connectivity index (χ3n) is 6.58. The summed E-state index contributed by atoms with van der Waals surface area (Å²) in [6.45, 7) is 6.22. The van der Waals surface area contributed by atoms with E-state index in [1.54, 1.807) is 16.9 Å². The first-order valence-corrected chi connectivity index (χ1v) is 11.3. The number of benzene rings is 1. The van der Waals surface area contributed by atoms with E-state index in [9.17, 15) is 10.1 Å². The lowest BCUT2D eigenvalue weighted by atomic mass is 9.98. The van der Waals surface area contributed by atoms with Crippen LogP contribution in [0.4, 0.5) is 11.4 Å². The second-order valence-electron chi connectivity index (χ2n) is 8.82. The van der Waals surface area contributed by atoms with Crippen molar-refractivity contribution in [3.63, 3.8) is 0 Å². The second kappa shape index (κ2) is 8.47. The van der Waals surface area contributed by atoms with Crippen LogP contribution in [-0.4, -0.2) is 71.0 Å². The number of nitro benzene ring substituents is 1. The van der Waals surface area contributed by atoms with Crippen LogP contribution in [-0.2, 0) is 7.05 Å². The van der Waals surface area contributed by atoms with Crippen molar-refractivity contribution in [2.24, 2.45) is 7.05 Å². The van der Waals surface area contributed by atoms with Crippen molar-refractivity contribution < 1.29 is 9.66 Å². The van der Waals surface area contributed by atoms with E-state index in [-0.39, 0.29) is 16.7 Å². The number of piperidine rings is 1. The highest BCUT2D eigenvalue weighted by molar-refractivity contribution is 5.82. The van der Waals surface area contributed by atoms with Gasteiger partial charge in [0.05, 0.1) is 17.2 Å². The number of nitro groups is 1. The highest BCUT2D eigenvalue weighted by Gasteiger charge is 2.31. The number of anilines is 1. The van der Waals surface area contributed by atoms with E-state index in [1.165, 1.54) is 0 Å². The number of piperazine rings is 1. The molecule has 3 aliphatic rings. The number of hydrogen-bond acceptors (Lipinski definition) is 7. The molecule has 1 aromatic carbocycles. The van der Waals surface area contributed by atoms with Gasteiger partial charge in [-0.05, 0) is 25.7 Å². The molecule has 9 nitrogen and oxygen atoms in total. The zero-order valence-electron chi connectivity index (χ0n) is 18.0. The van der Waals surface area contributed by atoms with Crippen LogP contribution in [0, 0.1) is 10.1 Å². The molecule has 2 saturated heterocycles. The number of nitrogens with zero attached hydrogens (tertiary/aromatic N) is 5. The molecule has 166 valence electrons. The summed E-state index contributed by atoms with van der Waals surface area (Å²) in [5.41, 5.74) is 2.78. The van der Waals surface area contributed by atoms with Crippen molar-refractivity contribution >= 4 is 11.4 Å². The fourth-order valence-electron chi connectivity index (χ4n) is 4.73. The maximum Gasteiger partial charge on any atom is 0.311 e. The van der Waals surface area contributed by atoms with Gasteiger partial charge in [0.2, 0.25) is 0 Å². The summed E-state index contributed by atoms with van der Waals surface area (Å²) in [6, 6.07) is 4.18. The molecule has 1 N–H and O–H groups in total. The summed E-state index contributed by atoms with van der Waals surface area (Å²) in [6.07, 6.45) is 7.92. The molecule has 31 heavy (non-hydrogen) atoms. The van der Waals surface area contributed by atoms with Gasteiger partial charge >= 0.3 is 5.69 Å². The average molecular weight is 427 g/mol. The molecular formula is C22H30N6O3. The third-order valence-corrected chi connectivity index (χ3v) is 6.58. The summed E-state index contributed by atoms with van der Waals surface area (Å²) >= 11 is 0. The van der Waals surface area contributed by atoms with Gasteiger partial charge in [-0.15, -0.1) is 0 Å². The largest absolute Gasteiger partial charge is 0.483 e. The Bertz CT molecular complexity index is 943. The van der Waals surface area contributed by atoms with E-state index in [2.05, 4.69) is 20.2 Å². The van der Waals surface area contributed by atoms with E-state index in [0.29, 0.717) is 11.8 Å². The smallest absolute Gasteiger partial charge is 0.311 e. The molecule has 3 fully saturated rings. The molecule has 3 heterocycles. The zero-order chi connectivity index (χ0) is 21.4. The summed E-state index contributed by atoms with van der Waals surface area (Å²) in [5, 5.41) is 19.5. The predicted molar refractivity (Wildman–Crippen MR) is 119 cm³/mol. The maximum absolute atomic E-state index is 11.8. The van der Waals surface area contributed by atoms with Crippen molar-refractivity contribution in [3.8, 4) is 16.9 Å². The predicted octanol–water partition coefficient (Wildman–Crippen LogP) is 2.41. The van der Waals surface area contributed by atoms with Gasteiger partial charge in [0, 0.05) is 87.5 Å². The molecular weight excluding hydrogens is 396 g/mol. The standard InChI is InChI=1S/C22H30N6O3/c1-25-15-16(14-24-25)19-12-21(28(29)30)22(31-18-2-3-18)13-20(19)27-8-4-17(5-9-27)26-10-6-23-7-11-26/h12-15,17-18,23H,2-11H2,1H3. The van der Waals surface area contributed by atoms with Crippen LogP contribution in [0.3, 0.4) is 0 Å². The highest BCUT2D eigenvalue weighted by atomic mass is 16.6. The summed E-state index contributed by atoms with van der Waals surface area (Å²) < 4.78 is 7.69. The van der Waals surface area contributed by atoms with Crippen molar-refractivity contribution in [1.29, 1.82) is 0 Å². The molecule has 0 unspecified atom stereocenters. The summed E-state index contributed by atoms with van der Waals surface area (Å²) in [4.78, 5) is 16.4. The van der Waals surface area contributed by atoms with Crippen LogP contribution in [0.1, 0.15) is 25.7 Å². The number of ether oxygens (including phenoxy) is 1. The molecule has 0 atom stereocenters. The minimum absolute atomic E-state index is 0.0326. The first-order chi connectivity index (χ1) is 15.1. The monoisotopic (exact) mass is 426 g/mol. The SMILES string of the molecule is Cn1cc(-c2cc([N+](=O)[O-])c(OC3CC3)cc2N2CCC(N3CCNCC3)CC2)cn1. The lowest BCUT2D eigenvalue weighted by Crippen LogP contribution is -2.52. The summed E-state index contributed by atoms with van der Waals surface area (Å²) in [5.74, 6) is 0.388. The molecule has 0 spiro atoms. The molecule has 2 aliphatic heterocycles. The van der Waals surface area contributed by atoms with Gasteiger partial charge in [-0.3, -0.25) is 19.7 Å². The first kappa shape index (κ1) is 20.3. The number of aryl methyl sites for hydroxylation is 1. The normalized spacial score (nSPS) is 20.7. The molecule has 2 aromatic rings. The van der Waals surface area contributed by atoms with Gasteiger partial charge in [0.15, 0.2) is 5.75 Å². The minimum atomic E-state index is -0.335. The van der Waals surface area contributed by atoms with Gasteiger partial charge in [-0.2, -0.15) is 5.10 Å². The van der Waals surface area contributed by atoms with Crippen molar-refractivity contribution in [2.75, 3.05) is 44.2 Å². The Labute approximate surface area is 182 Å². The van der Waals surface area contributed by atoms with E-state index >= 15 is 0 Å². The average Bonchev–Trinajstić information content (AvgIpc) is 3.51. The van der Waals surface area contributed by atoms with Gasteiger partial charge < -0.3 is 15.0 Å². The fraction of sp³-hybridized carbons (Fsp3) is 0.591. The quantitative estimate of drug-likeness (QED) is 0.560. The molecule has 1 aromatic heterocycles. The van der Waals surface area contributed by atoms with Gasteiger partial charge in [0.1, 0.15) is 0 Å². The minimum Gasteiger partial charge on any atom is -0.483 e. The van der Waals surface area contributed by atoms with Crippen LogP contribution >= 0.6 is 0 Å². The van der Waals surface area contributed by atoms with Crippen molar-refractivity contribution in [1.82, 2.24) is 20.0 Å². The highest BCUT2D eigenvalue weighted by Crippen LogP contribution is 2.43. The Balaban J connectivity index is 1.45. The lowest BCUT2D eigenvalue weighted by molar-refractivity contribution is -0.385. The number of rotatable bonds is 6. The van der Waals surface area contributed by atoms with Crippen LogP contribution in [0.15, 0.2) is 24.5 Å². The molecule has 9 heteroatoms. The van der Waals surface area contributed by atoms with Gasteiger partial charge in [0.25, 0.3) is 0 Å². The fourth-order valence-corrected chi connectivity index (χ4v) is 4.73. The zero-order valence-corrected chi connectivity index (χ0v) is 18.0. The Morgan fingerprint density at radius 1 is 1.13 bits per heavy atom. The second-order valence-corrected chi connectivity index (χ2v) is 8.82. The van der Waals surface area contributed by atoms with Crippen LogP contribution in [0.5, 0.6) is 5.75 Å². The van der Waals surface area contributed by atoms with E-state index < -0.39 is 0 Å². The maximum atomic E-state index is 11.8. The lowest BCUT2D eigenvalue weighted by Gasteiger charge is -2.41. The molecule has 0 radical (unpaired) electrons. The first-order valence-electron chi connectivity index (χ1n) is 11.3. The summed E-state index contributed by atoms with van der Waals surface area (Å²) in [7, 11) is 1.86. The molecule has 5 rings (SSSR count). The van der Waals surface area contributed by atoms with Crippen LogP contribution in [0.25, 0.3) is 11.1 Å². The Morgan fingerprint density at radius 2 is 1.87 bits per heavy atom. The topological polar surface area (TPSA) is 88.7 Å². The molecule has 0 bridgehead atoms. The molecule has 0 amide bonds. The van der Waals surface area contributed by atoms with Gasteiger partial charge in [-0.1, -0.05) is 0 Å². The third kappa shape index (κ3) is 4.38. The number of aromatic nitrogens is 2. The van der Waals surface area contributed by atoms with Crippen molar-refractivity contribution in [3.05, 3.63) is 34.6 Å². The van der Waals surface area contributed by atoms with E-state index in [0.717, 1.165) is 81.8 Å². The molecule has 1 saturated carbocycles. The van der Waals surface area contributed by atoms with Crippen LogP contribution in [0.2, 0.25) is 0 Å². The van der Waals surface area contributed by atoms with Crippen molar-refractivity contribution in [2.45, 2.75) is 37.8 Å². The van der Waals surface area contributed by atoms with E-state index in [1.807, 2.05) is 19.3 Å².